The normalized spacial score (nSPS) is 15.3. The molecule has 1 saturated heterocycles. The van der Waals surface area contributed by atoms with Gasteiger partial charge in [-0.05, 0) is 43.7 Å². The van der Waals surface area contributed by atoms with Crippen molar-refractivity contribution in [2.45, 2.75) is 26.5 Å². The largest absolute Gasteiger partial charge is 0.489 e. The number of carbonyl (C=O) groups excluding carboxylic acids is 1. The number of nitrogens with zero attached hydrogens (tertiary/aromatic N) is 2. The van der Waals surface area contributed by atoms with Gasteiger partial charge in [0.05, 0.1) is 30.5 Å². The minimum Gasteiger partial charge on any atom is -0.489 e. The Balaban J connectivity index is 1.40. The number of amides is 1. The van der Waals surface area contributed by atoms with Crippen molar-refractivity contribution in [2.75, 3.05) is 32.8 Å². The fourth-order valence-electron chi connectivity index (χ4n) is 3.77. The van der Waals surface area contributed by atoms with E-state index < -0.39 is 0 Å². The van der Waals surface area contributed by atoms with E-state index in [0.717, 1.165) is 55.4 Å². The number of hydrogen-bond acceptors (Lipinski definition) is 6. The van der Waals surface area contributed by atoms with Gasteiger partial charge >= 0.3 is 0 Å². The lowest BCUT2D eigenvalue weighted by Gasteiger charge is -2.31. The first-order valence-corrected chi connectivity index (χ1v) is 10.9. The number of benzene rings is 2. The molecule has 1 atom stereocenters. The third kappa shape index (κ3) is 5.55. The van der Waals surface area contributed by atoms with Gasteiger partial charge in [0.25, 0.3) is 5.91 Å². The van der Waals surface area contributed by atoms with Crippen LogP contribution in [0.25, 0.3) is 0 Å². The first kappa shape index (κ1) is 22.0. The van der Waals surface area contributed by atoms with Crippen molar-refractivity contribution in [3.63, 3.8) is 0 Å². The Morgan fingerprint density at radius 3 is 2.47 bits per heavy atom. The van der Waals surface area contributed by atoms with Gasteiger partial charge in [-0.3, -0.25) is 9.69 Å². The molecule has 4 rings (SSSR count). The van der Waals surface area contributed by atoms with Gasteiger partial charge in [0.2, 0.25) is 0 Å². The molecule has 0 spiro atoms. The molecule has 7 nitrogen and oxygen atoms in total. The van der Waals surface area contributed by atoms with Crippen LogP contribution >= 0.6 is 0 Å². The summed E-state index contributed by atoms with van der Waals surface area (Å²) in [5.41, 5.74) is 3.45. The molecule has 1 unspecified atom stereocenters. The van der Waals surface area contributed by atoms with E-state index in [1.807, 2.05) is 44.2 Å². The molecular formula is C25H29N3O4. The second-order valence-corrected chi connectivity index (χ2v) is 7.97. The van der Waals surface area contributed by atoms with Crippen molar-refractivity contribution in [3.05, 3.63) is 82.7 Å². The fourth-order valence-corrected chi connectivity index (χ4v) is 3.77. The molecule has 1 aromatic heterocycles. The maximum Gasteiger partial charge on any atom is 0.251 e. The van der Waals surface area contributed by atoms with Crippen LogP contribution in [0.5, 0.6) is 5.75 Å². The molecule has 3 aromatic rings. The summed E-state index contributed by atoms with van der Waals surface area (Å²) in [5, 5.41) is 7.14. The molecule has 0 bridgehead atoms. The monoisotopic (exact) mass is 435 g/mol. The van der Waals surface area contributed by atoms with Gasteiger partial charge in [0.15, 0.2) is 0 Å². The summed E-state index contributed by atoms with van der Waals surface area (Å²) in [6, 6.07) is 17.2. The molecule has 1 N–H and O–H groups in total. The highest BCUT2D eigenvalue weighted by Gasteiger charge is 2.21. The lowest BCUT2D eigenvalue weighted by Crippen LogP contribution is -2.43. The highest BCUT2D eigenvalue weighted by Crippen LogP contribution is 2.20. The van der Waals surface area contributed by atoms with Crippen molar-refractivity contribution in [2.24, 2.45) is 0 Å². The first-order chi connectivity index (χ1) is 15.6. The van der Waals surface area contributed by atoms with Gasteiger partial charge in [-0.25, -0.2) is 0 Å². The second kappa shape index (κ2) is 10.4. The molecule has 7 heteroatoms. The van der Waals surface area contributed by atoms with Gasteiger partial charge < -0.3 is 19.3 Å². The second-order valence-electron chi connectivity index (χ2n) is 7.97. The number of aryl methyl sites for hydroxylation is 2. The molecule has 1 fully saturated rings. The van der Waals surface area contributed by atoms with Crippen LogP contribution in [-0.4, -0.2) is 48.8 Å². The summed E-state index contributed by atoms with van der Waals surface area (Å²) in [5.74, 6) is 1.34. The van der Waals surface area contributed by atoms with Crippen molar-refractivity contribution in [1.82, 2.24) is 15.4 Å². The molecule has 0 radical (unpaired) electrons. The number of rotatable bonds is 8. The Morgan fingerprint density at radius 2 is 1.81 bits per heavy atom. The van der Waals surface area contributed by atoms with Gasteiger partial charge in [-0.15, -0.1) is 0 Å². The topological polar surface area (TPSA) is 76.8 Å². The van der Waals surface area contributed by atoms with E-state index >= 15 is 0 Å². The Kier molecular flexibility index (Phi) is 7.19. The van der Waals surface area contributed by atoms with Crippen LogP contribution in [-0.2, 0) is 11.3 Å². The van der Waals surface area contributed by atoms with E-state index in [9.17, 15) is 4.79 Å². The summed E-state index contributed by atoms with van der Waals surface area (Å²) in [7, 11) is 0. The Bertz CT molecular complexity index is 992. The maximum atomic E-state index is 13.0. The number of ether oxygens (including phenoxy) is 2. The van der Waals surface area contributed by atoms with Crippen LogP contribution in [0.4, 0.5) is 0 Å². The van der Waals surface area contributed by atoms with E-state index in [4.69, 9.17) is 14.0 Å². The molecule has 2 heterocycles. The summed E-state index contributed by atoms with van der Waals surface area (Å²) >= 11 is 0. The molecule has 1 aliphatic heterocycles. The SMILES string of the molecule is Cc1noc(C)c1COc1ccc(C(=O)NC(CN2CCOCC2)c2ccccc2)cc1. The smallest absolute Gasteiger partial charge is 0.251 e. The third-order valence-electron chi connectivity index (χ3n) is 5.73. The highest BCUT2D eigenvalue weighted by molar-refractivity contribution is 5.94. The summed E-state index contributed by atoms with van der Waals surface area (Å²) in [4.78, 5) is 15.3. The highest BCUT2D eigenvalue weighted by atomic mass is 16.5. The van der Waals surface area contributed by atoms with Crippen LogP contribution < -0.4 is 10.1 Å². The molecule has 2 aromatic carbocycles. The van der Waals surface area contributed by atoms with E-state index in [2.05, 4.69) is 27.5 Å². The van der Waals surface area contributed by atoms with E-state index in [-0.39, 0.29) is 11.9 Å². The van der Waals surface area contributed by atoms with E-state index in [1.165, 1.54) is 0 Å². The van der Waals surface area contributed by atoms with Crippen LogP contribution in [0.15, 0.2) is 59.1 Å². The zero-order valence-electron chi connectivity index (χ0n) is 18.5. The Labute approximate surface area is 188 Å². The van der Waals surface area contributed by atoms with Crippen molar-refractivity contribution in [3.8, 4) is 5.75 Å². The van der Waals surface area contributed by atoms with Crippen LogP contribution in [0.3, 0.4) is 0 Å². The van der Waals surface area contributed by atoms with Crippen molar-refractivity contribution in [1.29, 1.82) is 0 Å². The van der Waals surface area contributed by atoms with Crippen LogP contribution in [0.1, 0.15) is 39.0 Å². The number of hydrogen-bond donors (Lipinski definition) is 1. The molecule has 0 aliphatic carbocycles. The predicted octanol–water partition coefficient (Wildman–Crippen LogP) is 3.67. The van der Waals surface area contributed by atoms with Crippen molar-refractivity contribution >= 4 is 5.91 Å². The van der Waals surface area contributed by atoms with Gasteiger partial charge in [-0.2, -0.15) is 0 Å². The number of morpholine rings is 1. The maximum absolute atomic E-state index is 13.0. The average molecular weight is 436 g/mol. The van der Waals surface area contributed by atoms with Gasteiger partial charge in [0, 0.05) is 25.2 Å². The first-order valence-electron chi connectivity index (χ1n) is 10.9. The minimum atomic E-state index is -0.107. The number of nitrogens with one attached hydrogen (secondary N) is 1. The summed E-state index contributed by atoms with van der Waals surface area (Å²) in [6.45, 7) is 8.08. The standard InChI is InChI=1S/C25H29N3O4/c1-18-23(19(2)32-27-18)17-31-22-10-8-21(9-11-22)25(29)26-24(20-6-4-3-5-7-20)16-28-12-14-30-15-13-28/h3-11,24H,12-17H2,1-2H3,(H,26,29). The molecule has 168 valence electrons. The van der Waals surface area contributed by atoms with Crippen molar-refractivity contribution < 1.29 is 18.8 Å². The Hall–Kier alpha value is -3.16. The summed E-state index contributed by atoms with van der Waals surface area (Å²) < 4.78 is 16.5. The molecular weight excluding hydrogens is 406 g/mol. The number of carbonyl (C=O) groups is 1. The Morgan fingerprint density at radius 1 is 1.09 bits per heavy atom. The molecule has 0 saturated carbocycles. The fraction of sp³-hybridized carbons (Fsp3) is 0.360. The lowest BCUT2D eigenvalue weighted by molar-refractivity contribution is 0.0332. The lowest BCUT2D eigenvalue weighted by atomic mass is 10.1. The van der Waals surface area contributed by atoms with Crippen LogP contribution in [0.2, 0.25) is 0 Å². The average Bonchev–Trinajstić information content (AvgIpc) is 3.16. The predicted molar refractivity (Wildman–Crippen MR) is 121 cm³/mol. The minimum absolute atomic E-state index is 0.0998. The molecule has 32 heavy (non-hydrogen) atoms. The van der Waals surface area contributed by atoms with E-state index in [0.29, 0.717) is 17.9 Å². The zero-order chi connectivity index (χ0) is 22.3. The quantitative estimate of drug-likeness (QED) is 0.582. The number of aromatic nitrogens is 1. The zero-order valence-corrected chi connectivity index (χ0v) is 18.5. The van der Waals surface area contributed by atoms with Gasteiger partial charge in [-0.1, -0.05) is 35.5 Å². The summed E-state index contributed by atoms with van der Waals surface area (Å²) in [6.07, 6.45) is 0. The van der Waals surface area contributed by atoms with E-state index in [1.54, 1.807) is 12.1 Å². The van der Waals surface area contributed by atoms with Gasteiger partial charge in [0.1, 0.15) is 18.1 Å². The molecule has 1 aliphatic rings. The molecule has 1 amide bonds. The third-order valence-corrected chi connectivity index (χ3v) is 5.73. The van der Waals surface area contributed by atoms with Crippen LogP contribution in [0, 0.1) is 13.8 Å².